The lowest BCUT2D eigenvalue weighted by Gasteiger charge is -2.19. The lowest BCUT2D eigenvalue weighted by atomic mass is 10.1. The topological polar surface area (TPSA) is 58.0 Å². The predicted octanol–water partition coefficient (Wildman–Crippen LogP) is 1.39. The summed E-state index contributed by atoms with van der Waals surface area (Å²) in [6.45, 7) is 6.05. The molecule has 0 aliphatic carbocycles. The van der Waals surface area contributed by atoms with Crippen molar-refractivity contribution in [3.05, 3.63) is 12.4 Å². The Hall–Kier alpha value is -1.32. The van der Waals surface area contributed by atoms with Gasteiger partial charge in [-0.15, -0.1) is 0 Å². The average molecular weight is 167 g/mol. The molecule has 4 nitrogen and oxygen atoms in total. The van der Waals surface area contributed by atoms with Gasteiger partial charge in [-0.05, 0) is 20.8 Å². The molecule has 0 aliphatic rings. The molecule has 1 aromatic heterocycles. The molecule has 0 fully saturated rings. The Kier molecular flexibility index (Phi) is 2.17. The van der Waals surface area contributed by atoms with Gasteiger partial charge in [-0.25, -0.2) is 9.97 Å². The second-order valence-electron chi connectivity index (χ2n) is 3.64. The molecule has 0 amide bonds. The van der Waals surface area contributed by atoms with Gasteiger partial charge in [0, 0.05) is 5.54 Å². The highest BCUT2D eigenvalue weighted by molar-refractivity contribution is 5.29. The standard InChI is InChI=1S/C8H13N3O/c1-8(2,3)11-7-9-4-6(12)5-10-7/h4-5,12H,1-3H3,(H,9,10,11). The van der Waals surface area contributed by atoms with Crippen molar-refractivity contribution < 1.29 is 5.11 Å². The first-order chi connectivity index (χ1) is 5.47. The lowest BCUT2D eigenvalue weighted by molar-refractivity contribution is 0.469. The van der Waals surface area contributed by atoms with Crippen LogP contribution in [0.15, 0.2) is 12.4 Å². The van der Waals surface area contributed by atoms with Gasteiger partial charge in [0.05, 0.1) is 12.4 Å². The van der Waals surface area contributed by atoms with Gasteiger partial charge in [0.15, 0.2) is 5.75 Å². The molecule has 0 radical (unpaired) electrons. The quantitative estimate of drug-likeness (QED) is 0.663. The van der Waals surface area contributed by atoms with E-state index in [9.17, 15) is 0 Å². The highest BCUT2D eigenvalue weighted by Crippen LogP contribution is 2.10. The Balaban J connectivity index is 2.71. The van der Waals surface area contributed by atoms with Crippen LogP contribution in [0.2, 0.25) is 0 Å². The molecule has 4 heteroatoms. The van der Waals surface area contributed by atoms with E-state index in [2.05, 4.69) is 15.3 Å². The minimum absolute atomic E-state index is 0.0586. The fraction of sp³-hybridized carbons (Fsp3) is 0.500. The zero-order chi connectivity index (χ0) is 9.19. The summed E-state index contributed by atoms with van der Waals surface area (Å²) in [6, 6.07) is 0. The molecule has 1 rings (SSSR count). The Morgan fingerprint density at radius 3 is 2.17 bits per heavy atom. The van der Waals surface area contributed by atoms with Crippen molar-refractivity contribution in [3.8, 4) is 5.75 Å². The van der Waals surface area contributed by atoms with Gasteiger partial charge in [0.25, 0.3) is 0 Å². The van der Waals surface area contributed by atoms with Crippen molar-refractivity contribution in [3.63, 3.8) is 0 Å². The number of nitrogens with zero attached hydrogens (tertiary/aromatic N) is 2. The maximum Gasteiger partial charge on any atom is 0.223 e. The number of aromatic nitrogens is 2. The van der Waals surface area contributed by atoms with Crippen LogP contribution in [-0.4, -0.2) is 20.6 Å². The van der Waals surface area contributed by atoms with Crippen LogP contribution in [0.25, 0.3) is 0 Å². The molecular weight excluding hydrogens is 154 g/mol. The number of nitrogens with one attached hydrogen (secondary N) is 1. The Morgan fingerprint density at radius 2 is 1.75 bits per heavy atom. The van der Waals surface area contributed by atoms with Crippen LogP contribution in [0.5, 0.6) is 5.75 Å². The maximum atomic E-state index is 8.90. The van der Waals surface area contributed by atoms with Crippen LogP contribution in [0, 0.1) is 0 Å². The van der Waals surface area contributed by atoms with Crippen molar-refractivity contribution in [1.29, 1.82) is 0 Å². The molecule has 2 N–H and O–H groups in total. The van der Waals surface area contributed by atoms with Crippen molar-refractivity contribution >= 4 is 5.95 Å². The third-order valence-corrected chi connectivity index (χ3v) is 1.13. The van der Waals surface area contributed by atoms with Crippen LogP contribution in [0.1, 0.15) is 20.8 Å². The van der Waals surface area contributed by atoms with Gasteiger partial charge in [-0.1, -0.05) is 0 Å². The molecular formula is C8H13N3O. The second kappa shape index (κ2) is 2.97. The first-order valence-electron chi connectivity index (χ1n) is 3.76. The van der Waals surface area contributed by atoms with Crippen molar-refractivity contribution in [1.82, 2.24) is 9.97 Å². The molecule has 0 spiro atoms. The minimum atomic E-state index is -0.0586. The normalized spacial score (nSPS) is 11.2. The largest absolute Gasteiger partial charge is 0.505 e. The number of aromatic hydroxyl groups is 1. The van der Waals surface area contributed by atoms with Gasteiger partial charge in [-0.3, -0.25) is 0 Å². The summed E-state index contributed by atoms with van der Waals surface area (Å²) in [5.74, 6) is 0.606. The summed E-state index contributed by atoms with van der Waals surface area (Å²) in [6.07, 6.45) is 2.72. The lowest BCUT2D eigenvalue weighted by Crippen LogP contribution is -2.27. The summed E-state index contributed by atoms with van der Waals surface area (Å²) >= 11 is 0. The molecule has 0 aromatic carbocycles. The predicted molar refractivity (Wildman–Crippen MR) is 47.1 cm³/mol. The van der Waals surface area contributed by atoms with E-state index in [4.69, 9.17) is 5.11 Å². The van der Waals surface area contributed by atoms with Gasteiger partial charge < -0.3 is 10.4 Å². The Bertz CT molecular complexity index is 250. The number of hydrogen-bond donors (Lipinski definition) is 2. The smallest absolute Gasteiger partial charge is 0.223 e. The van der Waals surface area contributed by atoms with Crippen LogP contribution in [0.3, 0.4) is 0 Å². The molecule has 0 atom stereocenters. The summed E-state index contributed by atoms with van der Waals surface area (Å²) in [4.78, 5) is 7.78. The third kappa shape index (κ3) is 2.74. The SMILES string of the molecule is CC(C)(C)Nc1ncc(O)cn1. The summed E-state index contributed by atoms with van der Waals surface area (Å²) in [5.41, 5.74) is -0.0586. The average Bonchev–Trinajstić information content (AvgIpc) is 1.91. The van der Waals surface area contributed by atoms with E-state index < -0.39 is 0 Å². The molecule has 0 bridgehead atoms. The molecule has 0 unspecified atom stereocenters. The van der Waals surface area contributed by atoms with E-state index in [0.29, 0.717) is 5.95 Å². The molecule has 0 saturated heterocycles. The van der Waals surface area contributed by atoms with Gasteiger partial charge >= 0.3 is 0 Å². The third-order valence-electron chi connectivity index (χ3n) is 1.13. The molecule has 12 heavy (non-hydrogen) atoms. The second-order valence-corrected chi connectivity index (χ2v) is 3.64. The van der Waals surface area contributed by atoms with Crippen molar-refractivity contribution in [2.75, 3.05) is 5.32 Å². The highest BCUT2D eigenvalue weighted by atomic mass is 16.3. The van der Waals surface area contributed by atoms with Crippen LogP contribution < -0.4 is 5.32 Å². The van der Waals surface area contributed by atoms with Gasteiger partial charge in [0.2, 0.25) is 5.95 Å². The van der Waals surface area contributed by atoms with E-state index in [0.717, 1.165) is 0 Å². The summed E-state index contributed by atoms with van der Waals surface area (Å²) in [7, 11) is 0. The van der Waals surface area contributed by atoms with Crippen LogP contribution in [0.4, 0.5) is 5.95 Å². The van der Waals surface area contributed by atoms with Crippen LogP contribution >= 0.6 is 0 Å². The molecule has 1 aromatic rings. The summed E-state index contributed by atoms with van der Waals surface area (Å²) in [5, 5.41) is 12.0. The zero-order valence-electron chi connectivity index (χ0n) is 7.50. The van der Waals surface area contributed by atoms with E-state index in [1.807, 2.05) is 20.8 Å². The highest BCUT2D eigenvalue weighted by Gasteiger charge is 2.10. The van der Waals surface area contributed by atoms with Crippen LogP contribution in [-0.2, 0) is 0 Å². The number of anilines is 1. The van der Waals surface area contributed by atoms with E-state index >= 15 is 0 Å². The van der Waals surface area contributed by atoms with E-state index in [-0.39, 0.29) is 11.3 Å². The monoisotopic (exact) mass is 167 g/mol. The van der Waals surface area contributed by atoms with E-state index in [1.54, 1.807) is 0 Å². The fourth-order valence-corrected chi connectivity index (χ4v) is 0.721. The Labute approximate surface area is 71.7 Å². The van der Waals surface area contributed by atoms with E-state index in [1.165, 1.54) is 12.4 Å². The summed E-state index contributed by atoms with van der Waals surface area (Å²) < 4.78 is 0. The molecule has 0 aliphatic heterocycles. The van der Waals surface area contributed by atoms with Gasteiger partial charge in [-0.2, -0.15) is 0 Å². The van der Waals surface area contributed by atoms with Crippen molar-refractivity contribution in [2.45, 2.75) is 26.3 Å². The number of rotatable bonds is 1. The Morgan fingerprint density at radius 1 is 1.25 bits per heavy atom. The molecule has 1 heterocycles. The van der Waals surface area contributed by atoms with Gasteiger partial charge in [0.1, 0.15) is 0 Å². The molecule has 66 valence electrons. The minimum Gasteiger partial charge on any atom is -0.505 e. The first-order valence-corrected chi connectivity index (χ1v) is 3.76. The van der Waals surface area contributed by atoms with Crippen molar-refractivity contribution in [2.24, 2.45) is 0 Å². The molecule has 0 saturated carbocycles. The zero-order valence-corrected chi connectivity index (χ0v) is 7.50. The maximum absolute atomic E-state index is 8.90. The number of hydrogen-bond acceptors (Lipinski definition) is 4. The first kappa shape index (κ1) is 8.77. The fourth-order valence-electron chi connectivity index (χ4n) is 0.721.